The van der Waals surface area contributed by atoms with Gasteiger partial charge >= 0.3 is 0 Å². The van der Waals surface area contributed by atoms with Crippen molar-refractivity contribution in [1.82, 2.24) is 29.9 Å². The predicted molar refractivity (Wildman–Crippen MR) is 104 cm³/mol. The van der Waals surface area contributed by atoms with Crippen LogP contribution in [0.15, 0.2) is 24.8 Å². The summed E-state index contributed by atoms with van der Waals surface area (Å²) in [6.45, 7) is 1.34. The second-order valence-corrected chi connectivity index (χ2v) is 6.66. The van der Waals surface area contributed by atoms with Gasteiger partial charge in [0.2, 0.25) is 5.95 Å². The molecule has 0 saturated heterocycles. The van der Waals surface area contributed by atoms with Crippen LogP contribution >= 0.6 is 0 Å². The van der Waals surface area contributed by atoms with Crippen LogP contribution in [0.2, 0.25) is 0 Å². The summed E-state index contributed by atoms with van der Waals surface area (Å²) in [5, 5.41) is 5.38. The number of hydrogen-bond acceptors (Lipinski definition) is 7. The van der Waals surface area contributed by atoms with E-state index < -0.39 is 11.6 Å². The molecule has 148 valence electrons. The Bertz CT molecular complexity index is 1180. The van der Waals surface area contributed by atoms with Crippen LogP contribution in [0, 0.1) is 11.6 Å². The molecule has 0 bridgehead atoms. The Morgan fingerprint density at radius 1 is 1.07 bits per heavy atom. The summed E-state index contributed by atoms with van der Waals surface area (Å²) >= 11 is 0. The van der Waals surface area contributed by atoms with Crippen molar-refractivity contribution >= 4 is 34.3 Å². The molecule has 3 aromatic heterocycles. The van der Waals surface area contributed by atoms with E-state index in [0.29, 0.717) is 23.5 Å². The molecule has 0 aliphatic carbocycles. The predicted octanol–water partition coefficient (Wildman–Crippen LogP) is 2.70. The van der Waals surface area contributed by atoms with Gasteiger partial charge in [-0.3, -0.25) is 0 Å². The highest BCUT2D eigenvalue weighted by Gasteiger charge is 2.23. The molecular formula is C18H17F2N9. The summed E-state index contributed by atoms with van der Waals surface area (Å²) in [5.41, 5.74) is 3.24. The Labute approximate surface area is 163 Å². The van der Waals surface area contributed by atoms with Crippen LogP contribution in [0.4, 0.5) is 31.9 Å². The fourth-order valence-corrected chi connectivity index (χ4v) is 3.51. The first kappa shape index (κ1) is 17.3. The van der Waals surface area contributed by atoms with E-state index in [1.54, 1.807) is 12.7 Å². The number of nitrogens with zero attached hydrogens (tertiary/aromatic N) is 5. The average Bonchev–Trinajstić information content (AvgIpc) is 3.35. The van der Waals surface area contributed by atoms with Crippen LogP contribution in [0.3, 0.4) is 0 Å². The number of fused-ring (bicyclic) bond motifs is 2. The van der Waals surface area contributed by atoms with Crippen LogP contribution in [0.5, 0.6) is 0 Å². The van der Waals surface area contributed by atoms with Gasteiger partial charge in [-0.05, 0) is 12.1 Å². The van der Waals surface area contributed by atoms with Crippen LogP contribution in [-0.4, -0.2) is 43.5 Å². The largest absolute Gasteiger partial charge is 0.383 e. The summed E-state index contributed by atoms with van der Waals surface area (Å²) in [6.07, 6.45) is 4.01. The zero-order chi connectivity index (χ0) is 20.0. The molecule has 0 fully saturated rings. The van der Waals surface area contributed by atoms with Gasteiger partial charge < -0.3 is 25.5 Å². The fourth-order valence-electron chi connectivity index (χ4n) is 3.51. The van der Waals surface area contributed by atoms with E-state index in [4.69, 9.17) is 0 Å². The highest BCUT2D eigenvalue weighted by atomic mass is 19.1. The van der Waals surface area contributed by atoms with Gasteiger partial charge in [0.25, 0.3) is 0 Å². The maximum atomic E-state index is 14.1. The second-order valence-electron chi connectivity index (χ2n) is 6.66. The van der Waals surface area contributed by atoms with Gasteiger partial charge in [-0.25, -0.2) is 18.7 Å². The number of anilines is 4. The monoisotopic (exact) mass is 397 g/mol. The first-order chi connectivity index (χ1) is 14.1. The van der Waals surface area contributed by atoms with E-state index in [1.807, 2.05) is 0 Å². The van der Waals surface area contributed by atoms with Crippen LogP contribution < -0.4 is 15.5 Å². The zero-order valence-corrected chi connectivity index (χ0v) is 15.4. The number of imidazole rings is 2. The van der Waals surface area contributed by atoms with E-state index in [1.165, 1.54) is 19.2 Å². The fraction of sp³-hybridized carbons (Fsp3) is 0.222. The normalized spacial score (nSPS) is 13.6. The van der Waals surface area contributed by atoms with E-state index in [2.05, 4.69) is 45.4 Å². The molecule has 1 aromatic carbocycles. The number of aromatic nitrogens is 6. The molecule has 0 spiro atoms. The number of hydrogen-bond donors (Lipinski definition) is 4. The molecule has 29 heavy (non-hydrogen) atoms. The summed E-state index contributed by atoms with van der Waals surface area (Å²) in [7, 11) is 1.46. The lowest BCUT2D eigenvalue weighted by molar-refractivity contribution is 0.591. The first-order valence-corrected chi connectivity index (χ1v) is 9.03. The van der Waals surface area contributed by atoms with Gasteiger partial charge in [-0.1, -0.05) is 0 Å². The average molecular weight is 397 g/mol. The molecule has 0 atom stereocenters. The molecule has 4 aromatic rings. The highest BCUT2D eigenvalue weighted by molar-refractivity contribution is 5.85. The number of rotatable bonds is 4. The minimum atomic E-state index is -0.709. The number of aromatic amines is 2. The van der Waals surface area contributed by atoms with Crippen molar-refractivity contribution in [2.75, 3.05) is 29.1 Å². The molecule has 1 aliphatic rings. The summed E-state index contributed by atoms with van der Waals surface area (Å²) < 4.78 is 28.2. The molecule has 4 N–H and O–H groups in total. The summed E-state index contributed by atoms with van der Waals surface area (Å²) in [4.78, 5) is 25.8. The lowest BCUT2D eigenvalue weighted by Gasteiger charge is -2.27. The standard InChI is InChI=1S/C18H17F2N9/c1-21-14-10(19)4-9(5-11(14)20)26-18-27-16-15(24-8-25-16)17(28-18)29-3-2-12-13(6-29)23-7-22-12/h4-5,7-8,21H,2-3,6H2,1H3,(H,22,23)(H2,24,25,26,27,28). The van der Waals surface area contributed by atoms with Crippen molar-refractivity contribution in [3.05, 3.63) is 47.8 Å². The lowest BCUT2D eigenvalue weighted by atomic mass is 10.1. The van der Waals surface area contributed by atoms with Crippen molar-refractivity contribution in [3.8, 4) is 0 Å². The maximum absolute atomic E-state index is 14.1. The van der Waals surface area contributed by atoms with Gasteiger partial charge in [-0.2, -0.15) is 9.97 Å². The minimum absolute atomic E-state index is 0.191. The van der Waals surface area contributed by atoms with E-state index >= 15 is 0 Å². The molecule has 11 heteroatoms. The number of halogens is 2. The SMILES string of the molecule is CNc1c(F)cc(Nc2nc(N3CCc4nc[nH]c4C3)c3[nH]cnc3n2)cc1F. The maximum Gasteiger partial charge on any atom is 0.231 e. The summed E-state index contributed by atoms with van der Waals surface area (Å²) in [6, 6.07) is 2.37. The Morgan fingerprint density at radius 3 is 2.66 bits per heavy atom. The zero-order valence-electron chi connectivity index (χ0n) is 15.4. The summed E-state index contributed by atoms with van der Waals surface area (Å²) in [5.74, 6) is -0.563. The second kappa shape index (κ2) is 6.69. The quantitative estimate of drug-likeness (QED) is 0.419. The molecule has 0 unspecified atom stereocenters. The van der Waals surface area contributed by atoms with E-state index in [-0.39, 0.29) is 17.3 Å². The Balaban J connectivity index is 1.52. The molecule has 4 heterocycles. The smallest absolute Gasteiger partial charge is 0.231 e. The number of nitrogens with one attached hydrogen (secondary N) is 4. The molecule has 5 rings (SSSR count). The molecule has 0 radical (unpaired) electrons. The van der Waals surface area contributed by atoms with Gasteiger partial charge in [-0.15, -0.1) is 0 Å². The van der Waals surface area contributed by atoms with Gasteiger partial charge in [0.05, 0.1) is 30.6 Å². The third-order valence-corrected chi connectivity index (χ3v) is 4.89. The Kier molecular flexibility index (Phi) is 4.00. The van der Waals surface area contributed by atoms with E-state index in [0.717, 1.165) is 24.4 Å². The third-order valence-electron chi connectivity index (χ3n) is 4.89. The van der Waals surface area contributed by atoms with Crippen molar-refractivity contribution in [2.45, 2.75) is 13.0 Å². The molecule has 0 saturated carbocycles. The van der Waals surface area contributed by atoms with Crippen molar-refractivity contribution in [1.29, 1.82) is 0 Å². The molecule has 1 aliphatic heterocycles. The van der Waals surface area contributed by atoms with Crippen molar-refractivity contribution in [3.63, 3.8) is 0 Å². The molecule has 9 nitrogen and oxygen atoms in total. The van der Waals surface area contributed by atoms with Gasteiger partial charge in [0.1, 0.15) is 11.2 Å². The van der Waals surface area contributed by atoms with E-state index in [9.17, 15) is 8.78 Å². The van der Waals surface area contributed by atoms with Crippen LogP contribution in [0.25, 0.3) is 11.2 Å². The molecule has 0 amide bonds. The lowest BCUT2D eigenvalue weighted by Crippen LogP contribution is -2.31. The first-order valence-electron chi connectivity index (χ1n) is 9.03. The number of benzene rings is 1. The Morgan fingerprint density at radius 2 is 1.86 bits per heavy atom. The topological polar surface area (TPSA) is 110 Å². The van der Waals surface area contributed by atoms with Gasteiger partial charge in [0, 0.05) is 25.7 Å². The van der Waals surface area contributed by atoms with Crippen LogP contribution in [0.1, 0.15) is 11.4 Å². The van der Waals surface area contributed by atoms with Crippen LogP contribution in [-0.2, 0) is 13.0 Å². The minimum Gasteiger partial charge on any atom is -0.383 e. The Hall–Kier alpha value is -3.76. The highest BCUT2D eigenvalue weighted by Crippen LogP contribution is 2.29. The van der Waals surface area contributed by atoms with Crippen molar-refractivity contribution in [2.24, 2.45) is 0 Å². The van der Waals surface area contributed by atoms with Crippen molar-refractivity contribution < 1.29 is 8.78 Å². The third kappa shape index (κ3) is 3.00. The molecular weight excluding hydrogens is 380 g/mol. The van der Waals surface area contributed by atoms with Gasteiger partial charge in [0.15, 0.2) is 23.1 Å². The number of H-pyrrole nitrogens is 2.